The fourth-order valence-electron chi connectivity index (χ4n) is 2.12. The molecule has 0 atom stereocenters. The summed E-state index contributed by atoms with van der Waals surface area (Å²) < 4.78 is 0. The highest BCUT2D eigenvalue weighted by Gasteiger charge is 2.12. The topological polar surface area (TPSA) is 20.3 Å². The van der Waals surface area contributed by atoms with Crippen molar-refractivity contribution in [2.45, 2.75) is 20.4 Å². The van der Waals surface area contributed by atoms with E-state index in [0.29, 0.717) is 6.54 Å². The van der Waals surface area contributed by atoms with Crippen molar-refractivity contribution in [3.63, 3.8) is 0 Å². The summed E-state index contributed by atoms with van der Waals surface area (Å²) in [7, 11) is 1.99. The standard InChI is InChI=1S/C16H19NOS/c1-12-4-5-13(2)15(8-12)16(18)10-17(3)9-14-6-7-19-11-14/h4-8,11H,9-10H2,1-3H3. The van der Waals surface area contributed by atoms with E-state index in [0.717, 1.165) is 23.2 Å². The number of hydrogen-bond donors (Lipinski definition) is 0. The van der Waals surface area contributed by atoms with Gasteiger partial charge in [-0.3, -0.25) is 9.69 Å². The first-order valence-corrected chi connectivity index (χ1v) is 7.30. The maximum Gasteiger partial charge on any atom is 0.177 e. The van der Waals surface area contributed by atoms with E-state index in [2.05, 4.69) is 21.7 Å². The first kappa shape index (κ1) is 14.0. The summed E-state index contributed by atoms with van der Waals surface area (Å²) in [6.45, 7) is 5.29. The van der Waals surface area contributed by atoms with E-state index in [1.54, 1.807) is 11.3 Å². The van der Waals surface area contributed by atoms with E-state index < -0.39 is 0 Å². The molecular weight excluding hydrogens is 254 g/mol. The Hall–Kier alpha value is -1.45. The van der Waals surface area contributed by atoms with E-state index in [9.17, 15) is 4.79 Å². The lowest BCUT2D eigenvalue weighted by Gasteiger charge is -2.16. The zero-order chi connectivity index (χ0) is 13.8. The molecule has 0 spiro atoms. The Kier molecular flexibility index (Phi) is 4.51. The molecular formula is C16H19NOS. The molecule has 1 heterocycles. The van der Waals surface area contributed by atoms with Gasteiger partial charge in [0.1, 0.15) is 0 Å². The molecule has 0 bridgehead atoms. The SMILES string of the molecule is Cc1ccc(C)c(C(=O)CN(C)Cc2ccsc2)c1. The van der Waals surface area contributed by atoms with Gasteiger partial charge in [-0.25, -0.2) is 0 Å². The Morgan fingerprint density at radius 3 is 2.74 bits per heavy atom. The second-order valence-electron chi connectivity index (χ2n) is 5.05. The predicted molar refractivity (Wildman–Crippen MR) is 80.9 cm³/mol. The third kappa shape index (κ3) is 3.75. The van der Waals surface area contributed by atoms with Gasteiger partial charge in [0, 0.05) is 12.1 Å². The Morgan fingerprint density at radius 1 is 1.26 bits per heavy atom. The average molecular weight is 273 g/mol. The Labute approximate surface area is 118 Å². The number of aryl methyl sites for hydroxylation is 2. The largest absolute Gasteiger partial charge is 0.295 e. The lowest BCUT2D eigenvalue weighted by Crippen LogP contribution is -2.25. The summed E-state index contributed by atoms with van der Waals surface area (Å²) in [6, 6.07) is 8.14. The molecule has 0 unspecified atom stereocenters. The van der Waals surface area contributed by atoms with Crippen molar-refractivity contribution in [3.05, 3.63) is 57.3 Å². The molecule has 19 heavy (non-hydrogen) atoms. The van der Waals surface area contributed by atoms with Gasteiger partial charge in [-0.2, -0.15) is 11.3 Å². The van der Waals surface area contributed by atoms with Gasteiger partial charge in [-0.1, -0.05) is 17.7 Å². The number of carbonyl (C=O) groups excluding carboxylic acids is 1. The first-order valence-electron chi connectivity index (χ1n) is 6.36. The van der Waals surface area contributed by atoms with Crippen molar-refractivity contribution in [3.8, 4) is 0 Å². The van der Waals surface area contributed by atoms with Crippen LogP contribution < -0.4 is 0 Å². The minimum Gasteiger partial charge on any atom is -0.295 e. The summed E-state index contributed by atoms with van der Waals surface area (Å²) in [5.41, 5.74) is 4.30. The second kappa shape index (κ2) is 6.13. The van der Waals surface area contributed by atoms with Gasteiger partial charge in [-0.05, 0) is 54.9 Å². The number of thiophene rings is 1. The molecule has 0 amide bonds. The number of hydrogen-bond acceptors (Lipinski definition) is 3. The maximum absolute atomic E-state index is 12.3. The zero-order valence-electron chi connectivity index (χ0n) is 11.6. The average Bonchev–Trinajstić information content (AvgIpc) is 2.84. The second-order valence-corrected chi connectivity index (χ2v) is 5.83. The number of carbonyl (C=O) groups is 1. The highest BCUT2D eigenvalue weighted by molar-refractivity contribution is 7.07. The molecule has 2 rings (SSSR count). The highest BCUT2D eigenvalue weighted by Crippen LogP contribution is 2.13. The number of nitrogens with zero attached hydrogens (tertiary/aromatic N) is 1. The fourth-order valence-corrected chi connectivity index (χ4v) is 2.78. The van der Waals surface area contributed by atoms with Crippen LogP contribution >= 0.6 is 11.3 Å². The third-order valence-electron chi connectivity index (χ3n) is 3.14. The molecule has 100 valence electrons. The minimum atomic E-state index is 0.193. The fraction of sp³-hybridized carbons (Fsp3) is 0.312. The van der Waals surface area contributed by atoms with Crippen molar-refractivity contribution in [1.29, 1.82) is 0 Å². The molecule has 0 aliphatic carbocycles. The molecule has 3 heteroatoms. The van der Waals surface area contributed by atoms with Crippen molar-refractivity contribution in [1.82, 2.24) is 4.90 Å². The summed E-state index contributed by atoms with van der Waals surface area (Å²) in [4.78, 5) is 14.4. The molecule has 0 aliphatic rings. The monoisotopic (exact) mass is 273 g/mol. The summed E-state index contributed by atoms with van der Waals surface area (Å²) in [5.74, 6) is 0.193. The number of Topliss-reactive ketones (excluding diaryl/α,β-unsaturated/α-hetero) is 1. The van der Waals surface area contributed by atoms with Gasteiger partial charge in [-0.15, -0.1) is 0 Å². The number of rotatable bonds is 5. The molecule has 2 nitrogen and oxygen atoms in total. The zero-order valence-corrected chi connectivity index (χ0v) is 12.5. The van der Waals surface area contributed by atoms with E-state index in [1.165, 1.54) is 5.56 Å². The van der Waals surface area contributed by atoms with Crippen LogP contribution in [0.5, 0.6) is 0 Å². The minimum absolute atomic E-state index is 0.193. The van der Waals surface area contributed by atoms with E-state index >= 15 is 0 Å². The summed E-state index contributed by atoms with van der Waals surface area (Å²) in [5, 5.41) is 4.19. The van der Waals surface area contributed by atoms with Gasteiger partial charge in [0.2, 0.25) is 0 Å². The third-order valence-corrected chi connectivity index (χ3v) is 3.87. The molecule has 1 aromatic heterocycles. The normalized spacial score (nSPS) is 10.9. The molecule has 0 N–H and O–H groups in total. The van der Waals surface area contributed by atoms with Crippen LogP contribution in [0.2, 0.25) is 0 Å². The van der Waals surface area contributed by atoms with Crippen LogP contribution in [0, 0.1) is 13.8 Å². The molecule has 1 aromatic carbocycles. The first-order chi connectivity index (χ1) is 9.06. The molecule has 0 radical (unpaired) electrons. The van der Waals surface area contributed by atoms with Crippen LogP contribution in [-0.4, -0.2) is 24.3 Å². The van der Waals surface area contributed by atoms with Crippen LogP contribution in [0.3, 0.4) is 0 Å². The van der Waals surface area contributed by atoms with Gasteiger partial charge < -0.3 is 0 Å². The molecule has 0 aliphatic heterocycles. The molecule has 0 saturated heterocycles. The van der Waals surface area contributed by atoms with Crippen molar-refractivity contribution in [2.24, 2.45) is 0 Å². The van der Waals surface area contributed by atoms with Crippen LogP contribution in [0.25, 0.3) is 0 Å². The highest BCUT2D eigenvalue weighted by atomic mass is 32.1. The summed E-state index contributed by atoms with van der Waals surface area (Å²) in [6.07, 6.45) is 0. The van der Waals surface area contributed by atoms with Gasteiger partial charge in [0.05, 0.1) is 6.54 Å². The predicted octanol–water partition coefficient (Wildman–Crippen LogP) is 3.68. The Morgan fingerprint density at radius 2 is 2.05 bits per heavy atom. The van der Waals surface area contributed by atoms with Crippen molar-refractivity contribution >= 4 is 17.1 Å². The molecule has 2 aromatic rings. The van der Waals surface area contributed by atoms with Crippen molar-refractivity contribution < 1.29 is 4.79 Å². The van der Waals surface area contributed by atoms with Crippen LogP contribution in [0.1, 0.15) is 27.0 Å². The van der Waals surface area contributed by atoms with E-state index in [-0.39, 0.29) is 5.78 Å². The van der Waals surface area contributed by atoms with E-state index in [4.69, 9.17) is 0 Å². The summed E-state index contributed by atoms with van der Waals surface area (Å²) >= 11 is 1.69. The van der Waals surface area contributed by atoms with Gasteiger partial charge in [0.15, 0.2) is 5.78 Å². The number of ketones is 1. The molecule has 0 saturated carbocycles. The van der Waals surface area contributed by atoms with Crippen LogP contribution in [-0.2, 0) is 6.54 Å². The van der Waals surface area contributed by atoms with Crippen LogP contribution in [0.15, 0.2) is 35.0 Å². The van der Waals surface area contributed by atoms with Crippen LogP contribution in [0.4, 0.5) is 0 Å². The smallest absolute Gasteiger partial charge is 0.177 e. The van der Waals surface area contributed by atoms with Crippen molar-refractivity contribution in [2.75, 3.05) is 13.6 Å². The van der Waals surface area contributed by atoms with E-state index in [1.807, 2.05) is 39.1 Å². The maximum atomic E-state index is 12.3. The molecule has 0 fully saturated rings. The lowest BCUT2D eigenvalue weighted by molar-refractivity contribution is 0.0942. The quantitative estimate of drug-likeness (QED) is 0.775. The lowest BCUT2D eigenvalue weighted by atomic mass is 10.0. The number of benzene rings is 1. The van der Waals surface area contributed by atoms with Gasteiger partial charge >= 0.3 is 0 Å². The Bertz CT molecular complexity index is 560. The Balaban J connectivity index is 2.02. The number of likely N-dealkylation sites (N-methyl/N-ethyl adjacent to an activating group) is 1. The van der Waals surface area contributed by atoms with Gasteiger partial charge in [0.25, 0.3) is 0 Å².